The molecule has 0 radical (unpaired) electrons. The number of anilines is 1. The second-order valence-electron chi connectivity index (χ2n) is 2.91. The Hall–Kier alpha value is -1.24. The van der Waals surface area contributed by atoms with Crippen molar-refractivity contribution in [2.75, 3.05) is 12.8 Å². The van der Waals surface area contributed by atoms with Gasteiger partial charge in [0.2, 0.25) is 0 Å². The smallest absolute Gasteiger partial charge is 0.417 e. The van der Waals surface area contributed by atoms with Crippen LogP contribution in [0.3, 0.4) is 0 Å². The fourth-order valence-corrected chi connectivity index (χ4v) is 1.80. The van der Waals surface area contributed by atoms with Crippen LogP contribution in [0.25, 0.3) is 0 Å². The van der Waals surface area contributed by atoms with Crippen molar-refractivity contribution in [2.24, 2.45) is 0 Å². The average molecular weight is 298 g/mol. The Bertz CT molecular complexity index is 431. The van der Waals surface area contributed by atoms with Crippen LogP contribution in [-0.4, -0.2) is 13.1 Å². The van der Waals surface area contributed by atoms with E-state index in [-0.39, 0.29) is 10.2 Å². The van der Waals surface area contributed by atoms with E-state index < -0.39 is 23.3 Å². The molecule has 1 rings (SSSR count). The van der Waals surface area contributed by atoms with Crippen molar-refractivity contribution in [3.63, 3.8) is 0 Å². The highest BCUT2D eigenvalue weighted by molar-refractivity contribution is 9.10. The van der Waals surface area contributed by atoms with Gasteiger partial charge >= 0.3 is 12.1 Å². The molecule has 88 valence electrons. The number of benzene rings is 1. The summed E-state index contributed by atoms with van der Waals surface area (Å²) in [5.41, 5.74) is 3.49. The molecule has 1 aromatic carbocycles. The number of hydrogen-bond donors (Lipinski definition) is 1. The van der Waals surface area contributed by atoms with E-state index in [1.165, 1.54) is 6.07 Å². The predicted molar refractivity (Wildman–Crippen MR) is 54.9 cm³/mol. The van der Waals surface area contributed by atoms with Crippen LogP contribution in [0.4, 0.5) is 18.9 Å². The Balaban J connectivity index is 3.51. The van der Waals surface area contributed by atoms with Crippen LogP contribution < -0.4 is 5.73 Å². The molecular formula is C9H7BrF3NO2. The van der Waals surface area contributed by atoms with E-state index in [9.17, 15) is 18.0 Å². The van der Waals surface area contributed by atoms with Crippen molar-refractivity contribution in [1.82, 2.24) is 0 Å². The first-order valence-electron chi connectivity index (χ1n) is 4.02. The summed E-state index contributed by atoms with van der Waals surface area (Å²) in [5.74, 6) is -1.07. The molecule has 2 N–H and O–H groups in total. The first-order valence-corrected chi connectivity index (χ1v) is 4.81. The van der Waals surface area contributed by atoms with Crippen LogP contribution >= 0.6 is 15.9 Å². The zero-order chi connectivity index (χ0) is 12.5. The van der Waals surface area contributed by atoms with Crippen molar-refractivity contribution >= 4 is 27.6 Å². The molecule has 0 saturated heterocycles. The molecule has 0 amide bonds. The van der Waals surface area contributed by atoms with Crippen LogP contribution in [-0.2, 0) is 10.9 Å². The number of halogens is 4. The summed E-state index contributed by atoms with van der Waals surface area (Å²) in [7, 11) is 1.01. The number of rotatable bonds is 1. The van der Waals surface area contributed by atoms with Crippen LogP contribution in [0.2, 0.25) is 0 Å². The van der Waals surface area contributed by atoms with E-state index in [1.54, 1.807) is 0 Å². The summed E-state index contributed by atoms with van der Waals surface area (Å²) in [6.07, 6.45) is -4.67. The number of nitrogen functional groups attached to an aromatic ring is 1. The summed E-state index contributed by atoms with van der Waals surface area (Å²) < 4.78 is 42.1. The zero-order valence-corrected chi connectivity index (χ0v) is 9.65. The number of carbonyl (C=O) groups excluding carboxylic acids is 1. The van der Waals surface area contributed by atoms with Gasteiger partial charge in [0.1, 0.15) is 0 Å². The minimum atomic E-state index is -4.67. The lowest BCUT2D eigenvalue weighted by Gasteiger charge is -2.13. The van der Waals surface area contributed by atoms with Crippen molar-refractivity contribution in [3.05, 3.63) is 27.7 Å². The number of carbonyl (C=O) groups is 1. The Kier molecular flexibility index (Phi) is 3.47. The normalized spacial score (nSPS) is 11.3. The molecule has 0 aromatic heterocycles. The third-order valence-electron chi connectivity index (χ3n) is 1.81. The molecule has 1 aromatic rings. The SMILES string of the molecule is COC(=O)c1c(Br)cc(N)cc1C(F)(F)F. The maximum Gasteiger partial charge on any atom is 0.417 e. The van der Waals surface area contributed by atoms with Crippen LogP contribution in [0, 0.1) is 0 Å². The fraction of sp³-hybridized carbons (Fsp3) is 0.222. The van der Waals surface area contributed by atoms with Gasteiger partial charge in [-0.15, -0.1) is 0 Å². The largest absolute Gasteiger partial charge is 0.465 e. The standard InChI is InChI=1S/C9H7BrF3NO2/c1-16-8(15)7-5(9(11,12)13)2-4(14)3-6(7)10/h2-3H,14H2,1H3. The molecule has 0 aliphatic rings. The van der Waals surface area contributed by atoms with E-state index in [2.05, 4.69) is 20.7 Å². The maximum atomic E-state index is 12.6. The van der Waals surface area contributed by atoms with Crippen molar-refractivity contribution in [1.29, 1.82) is 0 Å². The summed E-state index contributed by atoms with van der Waals surface area (Å²) in [6.45, 7) is 0. The van der Waals surface area contributed by atoms with Crippen molar-refractivity contribution in [2.45, 2.75) is 6.18 Å². The number of esters is 1. The monoisotopic (exact) mass is 297 g/mol. The van der Waals surface area contributed by atoms with E-state index in [1.807, 2.05) is 0 Å². The molecular weight excluding hydrogens is 291 g/mol. The molecule has 0 aliphatic heterocycles. The number of hydrogen-bond acceptors (Lipinski definition) is 3. The molecule has 0 unspecified atom stereocenters. The summed E-state index contributed by atoms with van der Waals surface area (Å²) >= 11 is 2.85. The van der Waals surface area contributed by atoms with Gasteiger partial charge in [0.25, 0.3) is 0 Å². The number of methoxy groups -OCH3 is 1. The van der Waals surface area contributed by atoms with Gasteiger partial charge in [-0.25, -0.2) is 4.79 Å². The molecule has 7 heteroatoms. The maximum absolute atomic E-state index is 12.6. The summed E-state index contributed by atoms with van der Waals surface area (Å²) in [6, 6.07) is 1.90. The third-order valence-corrected chi connectivity index (χ3v) is 2.43. The van der Waals surface area contributed by atoms with Gasteiger partial charge in [0.05, 0.1) is 18.2 Å². The van der Waals surface area contributed by atoms with Gasteiger partial charge in [-0.2, -0.15) is 13.2 Å². The lowest BCUT2D eigenvalue weighted by molar-refractivity contribution is -0.138. The number of ether oxygens (including phenoxy) is 1. The van der Waals surface area contributed by atoms with Gasteiger partial charge in [0, 0.05) is 10.2 Å². The predicted octanol–water partition coefficient (Wildman–Crippen LogP) is 2.84. The van der Waals surface area contributed by atoms with E-state index in [4.69, 9.17) is 5.73 Å². The molecule has 0 saturated carbocycles. The summed E-state index contributed by atoms with van der Waals surface area (Å²) in [5, 5.41) is 0. The zero-order valence-electron chi connectivity index (χ0n) is 8.06. The molecule has 0 spiro atoms. The minimum Gasteiger partial charge on any atom is -0.465 e. The lowest BCUT2D eigenvalue weighted by Crippen LogP contribution is -2.15. The highest BCUT2D eigenvalue weighted by Crippen LogP contribution is 2.37. The topological polar surface area (TPSA) is 52.3 Å². The first-order chi connectivity index (χ1) is 7.27. The second kappa shape index (κ2) is 4.32. The van der Waals surface area contributed by atoms with Crippen molar-refractivity contribution in [3.8, 4) is 0 Å². The number of nitrogens with two attached hydrogens (primary N) is 1. The highest BCUT2D eigenvalue weighted by atomic mass is 79.9. The van der Waals surface area contributed by atoms with E-state index in [0.29, 0.717) is 6.07 Å². The highest BCUT2D eigenvalue weighted by Gasteiger charge is 2.37. The van der Waals surface area contributed by atoms with Gasteiger partial charge in [0.15, 0.2) is 0 Å². The van der Waals surface area contributed by atoms with E-state index in [0.717, 1.165) is 7.11 Å². The Morgan fingerprint density at radius 2 is 2.00 bits per heavy atom. The quantitative estimate of drug-likeness (QED) is 0.640. The van der Waals surface area contributed by atoms with Crippen molar-refractivity contribution < 1.29 is 22.7 Å². The molecule has 0 heterocycles. The lowest BCUT2D eigenvalue weighted by atomic mass is 10.1. The minimum absolute atomic E-state index is 0.0494. The second-order valence-corrected chi connectivity index (χ2v) is 3.77. The van der Waals surface area contributed by atoms with Gasteiger partial charge in [-0.3, -0.25) is 0 Å². The van der Waals surface area contributed by atoms with E-state index >= 15 is 0 Å². The molecule has 16 heavy (non-hydrogen) atoms. The van der Waals surface area contributed by atoms with Crippen LogP contribution in [0.5, 0.6) is 0 Å². The molecule has 0 bridgehead atoms. The summed E-state index contributed by atoms with van der Waals surface area (Å²) in [4.78, 5) is 11.2. The Labute approximate surface area is 97.5 Å². The molecule has 0 atom stereocenters. The Morgan fingerprint density at radius 1 is 1.44 bits per heavy atom. The Morgan fingerprint density at radius 3 is 2.44 bits per heavy atom. The van der Waals surface area contributed by atoms with Gasteiger partial charge in [-0.1, -0.05) is 0 Å². The first kappa shape index (κ1) is 12.8. The third kappa shape index (κ3) is 2.46. The molecule has 0 aliphatic carbocycles. The van der Waals surface area contributed by atoms with Gasteiger partial charge in [-0.05, 0) is 28.1 Å². The van der Waals surface area contributed by atoms with Crippen LogP contribution in [0.1, 0.15) is 15.9 Å². The van der Waals surface area contributed by atoms with Gasteiger partial charge < -0.3 is 10.5 Å². The fourth-order valence-electron chi connectivity index (χ4n) is 1.16. The molecule has 0 fully saturated rings. The average Bonchev–Trinajstić information content (AvgIpc) is 2.14. The van der Waals surface area contributed by atoms with Crippen LogP contribution in [0.15, 0.2) is 16.6 Å². The number of alkyl halides is 3. The molecule has 3 nitrogen and oxygen atoms in total.